The fourth-order valence-electron chi connectivity index (χ4n) is 5.36. The molecule has 2 saturated carbocycles. The van der Waals surface area contributed by atoms with Gasteiger partial charge in [-0.15, -0.1) is 0 Å². The Labute approximate surface area is 253 Å². The molecule has 9 nitrogen and oxygen atoms in total. The summed E-state index contributed by atoms with van der Waals surface area (Å²) in [5.41, 5.74) is -2.60. The number of hydrogen-bond donors (Lipinski definition) is 1. The molecule has 1 N–H and O–H groups in total. The molecule has 0 bridgehead atoms. The first kappa shape index (κ1) is 30.8. The van der Waals surface area contributed by atoms with Crippen LogP contribution in [0.25, 0.3) is 5.69 Å². The second kappa shape index (κ2) is 10.7. The smallest absolute Gasteiger partial charge is 0.417 e. The van der Waals surface area contributed by atoms with E-state index in [-0.39, 0.29) is 17.4 Å². The monoisotopic (exact) mass is 653 g/mol. The zero-order valence-corrected chi connectivity index (χ0v) is 24.1. The third-order valence-electron chi connectivity index (χ3n) is 8.14. The molecule has 16 heteroatoms. The van der Waals surface area contributed by atoms with Crippen LogP contribution in [-0.4, -0.2) is 47.9 Å². The number of nitrogens with zero attached hydrogens (tertiary/aromatic N) is 4. The summed E-state index contributed by atoms with van der Waals surface area (Å²) in [5, 5.41) is 14.9. The lowest BCUT2D eigenvalue weighted by atomic mass is 10.2. The summed E-state index contributed by atoms with van der Waals surface area (Å²) in [5.74, 6) is 0.228. The largest absolute Gasteiger partial charge is 0.425 e. The third-order valence-corrected chi connectivity index (χ3v) is 10.3. The highest BCUT2D eigenvalue weighted by atomic mass is 32.2. The van der Waals surface area contributed by atoms with Crippen molar-refractivity contribution in [2.24, 2.45) is 0 Å². The molecule has 238 valence electrons. The molecule has 0 spiro atoms. The first-order valence-corrected chi connectivity index (χ1v) is 15.5. The van der Waals surface area contributed by atoms with Crippen LogP contribution >= 0.6 is 0 Å². The molecule has 3 aliphatic rings. The number of anilines is 1. The van der Waals surface area contributed by atoms with E-state index in [1.54, 1.807) is 6.07 Å². The van der Waals surface area contributed by atoms with Crippen LogP contribution in [0.5, 0.6) is 0 Å². The van der Waals surface area contributed by atoms with Gasteiger partial charge in [0.2, 0.25) is 0 Å². The number of rotatable bonds is 7. The fraction of sp³-hybridized carbons (Fsp3) is 0.414. The SMILES string of the molecule is N#CC1(NC(=O)O[C@H]2C[C@@H](S(=O)(=O)c3ccccc3C(F)(F)F)CN2c2cc(C3CC3)nn2-c2ccc(C(F)(F)F)cc2)CC1. The Kier molecular flexibility index (Phi) is 7.30. The molecule has 3 aromatic rings. The molecule has 45 heavy (non-hydrogen) atoms. The maximum atomic E-state index is 13.8. The van der Waals surface area contributed by atoms with E-state index in [0.717, 1.165) is 37.1 Å². The second-order valence-corrected chi connectivity index (χ2v) is 13.6. The van der Waals surface area contributed by atoms with Gasteiger partial charge in [-0.3, -0.25) is 0 Å². The van der Waals surface area contributed by atoms with Gasteiger partial charge in [-0.2, -0.15) is 36.7 Å². The van der Waals surface area contributed by atoms with Gasteiger partial charge < -0.3 is 15.0 Å². The van der Waals surface area contributed by atoms with Crippen molar-refractivity contribution in [3.63, 3.8) is 0 Å². The van der Waals surface area contributed by atoms with Crippen molar-refractivity contribution in [1.82, 2.24) is 15.1 Å². The highest BCUT2D eigenvalue weighted by Gasteiger charge is 2.49. The zero-order valence-electron chi connectivity index (χ0n) is 23.3. The van der Waals surface area contributed by atoms with Crippen molar-refractivity contribution in [2.45, 2.75) is 72.3 Å². The number of sulfone groups is 1. The van der Waals surface area contributed by atoms with Gasteiger partial charge in [0.15, 0.2) is 16.1 Å². The van der Waals surface area contributed by atoms with Crippen LogP contribution in [-0.2, 0) is 26.9 Å². The summed E-state index contributed by atoms with van der Waals surface area (Å²) in [4.78, 5) is 13.3. The zero-order chi connectivity index (χ0) is 32.4. The highest BCUT2D eigenvalue weighted by molar-refractivity contribution is 7.92. The quantitative estimate of drug-likeness (QED) is 0.314. The van der Waals surface area contributed by atoms with E-state index in [9.17, 15) is 44.8 Å². The lowest BCUT2D eigenvalue weighted by Gasteiger charge is -2.27. The normalized spacial score (nSPS) is 21.3. The Morgan fingerprint density at radius 1 is 1.02 bits per heavy atom. The molecule has 2 atom stereocenters. The van der Waals surface area contributed by atoms with E-state index in [4.69, 9.17) is 4.74 Å². The van der Waals surface area contributed by atoms with Gasteiger partial charge in [0.1, 0.15) is 11.4 Å². The average Bonchev–Trinajstić information content (AvgIpc) is 3.89. The second-order valence-electron chi connectivity index (χ2n) is 11.4. The van der Waals surface area contributed by atoms with E-state index in [1.807, 2.05) is 6.07 Å². The Balaban J connectivity index is 1.40. The summed E-state index contributed by atoms with van der Waals surface area (Å²) in [6, 6.07) is 11.5. The highest BCUT2D eigenvalue weighted by Crippen LogP contribution is 2.44. The average molecular weight is 654 g/mol. The molecular formula is C29H25F6N5O4S. The number of alkyl carbamates (subject to hydrolysis) is 1. The van der Waals surface area contributed by atoms with E-state index >= 15 is 0 Å². The van der Waals surface area contributed by atoms with E-state index < -0.39 is 74.3 Å². The van der Waals surface area contributed by atoms with E-state index in [2.05, 4.69) is 10.4 Å². The fourth-order valence-corrected chi connectivity index (χ4v) is 7.25. The minimum absolute atomic E-state index is 0.0493. The molecule has 2 heterocycles. The Morgan fingerprint density at radius 3 is 2.27 bits per heavy atom. The molecule has 1 aliphatic heterocycles. The molecular weight excluding hydrogens is 628 g/mol. The summed E-state index contributed by atoms with van der Waals surface area (Å²) in [6.45, 7) is -0.424. The minimum atomic E-state index is -4.96. The number of ether oxygens (including phenoxy) is 1. The lowest BCUT2D eigenvalue weighted by Crippen LogP contribution is -2.42. The molecule has 6 rings (SSSR count). The Hall–Kier alpha value is -4.26. The molecule has 2 aliphatic carbocycles. The summed E-state index contributed by atoms with van der Waals surface area (Å²) in [7, 11) is -4.67. The lowest BCUT2D eigenvalue weighted by molar-refractivity contribution is -0.140. The van der Waals surface area contributed by atoms with Crippen molar-refractivity contribution in [2.75, 3.05) is 11.4 Å². The van der Waals surface area contributed by atoms with Gasteiger partial charge >= 0.3 is 18.4 Å². The van der Waals surface area contributed by atoms with Crippen LogP contribution in [0, 0.1) is 11.3 Å². The molecule has 1 amide bonds. The maximum absolute atomic E-state index is 13.8. The van der Waals surface area contributed by atoms with Crippen molar-refractivity contribution in [3.05, 3.63) is 71.4 Å². The molecule has 0 unspecified atom stereocenters. The van der Waals surface area contributed by atoms with Crippen LogP contribution in [0.4, 0.5) is 37.0 Å². The summed E-state index contributed by atoms with van der Waals surface area (Å²) >= 11 is 0. The van der Waals surface area contributed by atoms with E-state index in [1.165, 1.54) is 27.8 Å². The van der Waals surface area contributed by atoms with Crippen molar-refractivity contribution >= 4 is 21.7 Å². The van der Waals surface area contributed by atoms with Gasteiger partial charge in [0, 0.05) is 24.9 Å². The van der Waals surface area contributed by atoms with Gasteiger partial charge in [-0.1, -0.05) is 12.1 Å². The third kappa shape index (κ3) is 6.05. The molecule has 3 fully saturated rings. The Morgan fingerprint density at radius 2 is 1.69 bits per heavy atom. The number of amides is 1. The van der Waals surface area contributed by atoms with Crippen LogP contribution in [0.1, 0.15) is 54.8 Å². The number of nitrogens with one attached hydrogen (secondary N) is 1. The number of benzene rings is 2. The van der Waals surface area contributed by atoms with Crippen molar-refractivity contribution < 1.29 is 44.3 Å². The number of carbonyl (C=O) groups is 1. The van der Waals surface area contributed by atoms with Gasteiger partial charge in [0.05, 0.1) is 38.7 Å². The van der Waals surface area contributed by atoms with Crippen LogP contribution < -0.4 is 10.2 Å². The van der Waals surface area contributed by atoms with Crippen LogP contribution in [0.3, 0.4) is 0 Å². The molecule has 0 radical (unpaired) electrons. The molecule has 1 aromatic heterocycles. The predicted octanol–water partition coefficient (Wildman–Crippen LogP) is 5.95. The van der Waals surface area contributed by atoms with Crippen LogP contribution in [0.2, 0.25) is 0 Å². The Bertz CT molecular complexity index is 1770. The summed E-state index contributed by atoms with van der Waals surface area (Å²) < 4.78 is 116. The van der Waals surface area contributed by atoms with E-state index in [0.29, 0.717) is 24.6 Å². The van der Waals surface area contributed by atoms with Crippen LogP contribution in [0.15, 0.2) is 59.5 Å². The van der Waals surface area contributed by atoms with Gasteiger partial charge in [-0.05, 0) is 62.1 Å². The number of nitriles is 1. The van der Waals surface area contributed by atoms with Gasteiger partial charge in [-0.25, -0.2) is 17.9 Å². The van der Waals surface area contributed by atoms with Gasteiger partial charge in [0.25, 0.3) is 0 Å². The molecule has 1 saturated heterocycles. The number of carbonyl (C=O) groups excluding carboxylic acids is 1. The maximum Gasteiger partial charge on any atom is 0.417 e. The standard InChI is InChI=1S/C29H25F6N5O4S/c30-28(31,32)18-7-9-19(10-8-18)40-24(14-22(38-40)17-5-6-17)39-15-20(13-25(39)44-26(41)37-27(16-36)11-12-27)45(42,43)23-4-2-1-3-21(23)29(33,34)35/h1-4,7-10,14,17,20,25H,5-6,11-13,15H2,(H,37,41)/t20-,25+/m1/s1. The topological polar surface area (TPSA) is 117 Å². The van der Waals surface area contributed by atoms with Crippen molar-refractivity contribution in [1.29, 1.82) is 5.26 Å². The summed E-state index contributed by atoms with van der Waals surface area (Å²) in [6.07, 6.45) is -10.0. The first-order valence-electron chi connectivity index (χ1n) is 14.0. The van der Waals surface area contributed by atoms with Crippen molar-refractivity contribution in [3.8, 4) is 11.8 Å². The first-order chi connectivity index (χ1) is 21.1. The molecule has 2 aromatic carbocycles. The number of alkyl halides is 6. The predicted molar refractivity (Wildman–Crippen MR) is 146 cm³/mol. The minimum Gasteiger partial charge on any atom is -0.425 e. The number of hydrogen-bond acceptors (Lipinski definition) is 7. The number of aromatic nitrogens is 2. The number of halogens is 6.